The summed E-state index contributed by atoms with van der Waals surface area (Å²) >= 11 is 0. The summed E-state index contributed by atoms with van der Waals surface area (Å²) in [6.07, 6.45) is 6.24. The third-order valence-electron chi connectivity index (χ3n) is 3.64. The third-order valence-corrected chi connectivity index (χ3v) is 3.64. The van der Waals surface area contributed by atoms with E-state index < -0.39 is 5.91 Å². The molecular formula is C13H18N6O. The van der Waals surface area contributed by atoms with Gasteiger partial charge in [-0.15, -0.1) is 0 Å². The summed E-state index contributed by atoms with van der Waals surface area (Å²) in [4.78, 5) is 22.9. The summed E-state index contributed by atoms with van der Waals surface area (Å²) in [6, 6.07) is 0.317. The summed E-state index contributed by atoms with van der Waals surface area (Å²) in [5.74, 6) is -0.483. The highest BCUT2D eigenvalue weighted by atomic mass is 16.1. The van der Waals surface area contributed by atoms with Crippen LogP contribution in [0.4, 0.5) is 5.69 Å². The van der Waals surface area contributed by atoms with Crippen LogP contribution in [-0.4, -0.2) is 40.0 Å². The summed E-state index contributed by atoms with van der Waals surface area (Å²) in [6.45, 7) is 2.01. The van der Waals surface area contributed by atoms with E-state index in [0.29, 0.717) is 22.9 Å². The number of fused-ring (bicyclic) bond motifs is 1. The fourth-order valence-corrected chi connectivity index (χ4v) is 2.60. The smallest absolute Gasteiger partial charge is 0.252 e. The number of anilines is 1. The average Bonchev–Trinajstić information content (AvgIpc) is 2.77. The number of nitrogens with zero attached hydrogens (tertiary/aromatic N) is 2. The lowest BCUT2D eigenvalue weighted by molar-refractivity contribution is 0.100. The van der Waals surface area contributed by atoms with Crippen LogP contribution in [0.2, 0.25) is 0 Å². The van der Waals surface area contributed by atoms with Crippen LogP contribution in [0.25, 0.3) is 11.2 Å². The molecule has 0 bridgehead atoms. The van der Waals surface area contributed by atoms with Gasteiger partial charge in [0.05, 0.1) is 17.6 Å². The number of rotatable bonds is 3. The van der Waals surface area contributed by atoms with Crippen LogP contribution in [-0.2, 0) is 0 Å². The number of carbonyl (C=O) groups is 1. The van der Waals surface area contributed by atoms with Crippen LogP contribution in [0, 0.1) is 0 Å². The topological polar surface area (TPSA) is 109 Å². The maximum Gasteiger partial charge on any atom is 0.252 e. The summed E-state index contributed by atoms with van der Waals surface area (Å²) in [7, 11) is 0. The first kappa shape index (κ1) is 12.9. The summed E-state index contributed by atoms with van der Waals surface area (Å²) < 4.78 is 0. The molecule has 1 unspecified atom stereocenters. The number of nitrogens with one attached hydrogen (secondary N) is 3. The highest BCUT2D eigenvalue weighted by Gasteiger charge is 2.19. The first-order valence-electron chi connectivity index (χ1n) is 6.85. The Balaban J connectivity index is 1.96. The molecule has 0 spiro atoms. The molecule has 0 saturated carbocycles. The predicted molar refractivity (Wildman–Crippen MR) is 76.5 cm³/mol. The molecule has 7 nitrogen and oxygen atoms in total. The Hall–Kier alpha value is -2.15. The van der Waals surface area contributed by atoms with E-state index in [4.69, 9.17) is 5.73 Å². The second kappa shape index (κ2) is 5.46. The van der Waals surface area contributed by atoms with Gasteiger partial charge in [0.15, 0.2) is 5.65 Å². The second-order valence-corrected chi connectivity index (χ2v) is 5.03. The minimum Gasteiger partial charge on any atom is -0.380 e. The van der Waals surface area contributed by atoms with Gasteiger partial charge in [0.2, 0.25) is 0 Å². The van der Waals surface area contributed by atoms with Crippen molar-refractivity contribution in [1.29, 1.82) is 0 Å². The molecule has 0 radical (unpaired) electrons. The number of aromatic nitrogens is 3. The Morgan fingerprint density at radius 2 is 2.25 bits per heavy atom. The molecule has 1 amide bonds. The SMILES string of the molecule is NC(=O)c1cnc2nc[nH]c2c1NC1CCCNCC1. The number of hydrogen-bond acceptors (Lipinski definition) is 5. The fourth-order valence-electron chi connectivity index (χ4n) is 2.60. The molecule has 106 valence electrons. The van der Waals surface area contributed by atoms with E-state index in [9.17, 15) is 4.79 Å². The van der Waals surface area contributed by atoms with Gasteiger partial charge in [-0.1, -0.05) is 0 Å². The van der Waals surface area contributed by atoms with Gasteiger partial charge in [-0.3, -0.25) is 4.79 Å². The Kier molecular flexibility index (Phi) is 3.51. The molecule has 0 aliphatic carbocycles. The molecule has 3 heterocycles. The normalized spacial score (nSPS) is 19.7. The highest BCUT2D eigenvalue weighted by Crippen LogP contribution is 2.25. The highest BCUT2D eigenvalue weighted by molar-refractivity contribution is 6.04. The van der Waals surface area contributed by atoms with Crippen molar-refractivity contribution in [2.24, 2.45) is 5.73 Å². The van der Waals surface area contributed by atoms with Gasteiger partial charge in [-0.05, 0) is 32.4 Å². The second-order valence-electron chi connectivity index (χ2n) is 5.03. The number of pyridine rings is 1. The van der Waals surface area contributed by atoms with Crippen molar-refractivity contribution in [1.82, 2.24) is 20.3 Å². The number of imidazole rings is 1. The first-order valence-corrected chi connectivity index (χ1v) is 6.85. The summed E-state index contributed by atoms with van der Waals surface area (Å²) in [5, 5.41) is 6.82. The standard InChI is InChI=1S/C13H18N6O/c14-12(20)9-6-16-13-11(17-7-18-13)10(9)19-8-2-1-4-15-5-3-8/h6-8,15H,1-5H2,(H2,14,20)(H2,16,17,18,19). The first-order chi connectivity index (χ1) is 9.75. The van der Waals surface area contributed by atoms with Crippen molar-refractivity contribution in [2.45, 2.75) is 25.3 Å². The predicted octanol–water partition coefficient (Wildman–Crippen LogP) is 0.611. The Morgan fingerprint density at radius 1 is 1.35 bits per heavy atom. The lowest BCUT2D eigenvalue weighted by Gasteiger charge is -2.19. The molecular weight excluding hydrogens is 256 g/mol. The number of amides is 1. The number of H-pyrrole nitrogens is 1. The van der Waals surface area contributed by atoms with Crippen molar-refractivity contribution < 1.29 is 4.79 Å². The Bertz CT molecular complexity index is 614. The third kappa shape index (κ3) is 2.44. The molecule has 1 saturated heterocycles. The molecule has 2 aromatic rings. The van der Waals surface area contributed by atoms with Crippen molar-refractivity contribution in [3.05, 3.63) is 18.1 Å². The van der Waals surface area contributed by atoms with Crippen molar-refractivity contribution in [2.75, 3.05) is 18.4 Å². The van der Waals surface area contributed by atoms with E-state index >= 15 is 0 Å². The summed E-state index contributed by atoms with van der Waals surface area (Å²) in [5.41, 5.74) is 7.88. The molecule has 7 heteroatoms. The van der Waals surface area contributed by atoms with E-state index in [2.05, 4.69) is 25.6 Å². The van der Waals surface area contributed by atoms with Gasteiger partial charge in [0.25, 0.3) is 5.91 Å². The van der Waals surface area contributed by atoms with E-state index in [-0.39, 0.29) is 0 Å². The molecule has 1 aliphatic rings. The molecule has 1 atom stereocenters. The minimum absolute atomic E-state index is 0.317. The number of primary amides is 1. The van der Waals surface area contributed by atoms with Crippen LogP contribution >= 0.6 is 0 Å². The zero-order valence-corrected chi connectivity index (χ0v) is 11.1. The van der Waals surface area contributed by atoms with Crippen LogP contribution < -0.4 is 16.4 Å². The quantitative estimate of drug-likeness (QED) is 0.655. The lowest BCUT2D eigenvalue weighted by atomic mass is 10.1. The van der Waals surface area contributed by atoms with Crippen LogP contribution in [0.3, 0.4) is 0 Å². The van der Waals surface area contributed by atoms with Crippen LogP contribution in [0.5, 0.6) is 0 Å². The van der Waals surface area contributed by atoms with E-state index in [1.807, 2.05) is 0 Å². The Labute approximate surface area is 116 Å². The Morgan fingerprint density at radius 3 is 3.10 bits per heavy atom. The van der Waals surface area contributed by atoms with E-state index in [1.165, 1.54) is 6.20 Å². The largest absolute Gasteiger partial charge is 0.380 e. The zero-order valence-electron chi connectivity index (χ0n) is 11.1. The maximum atomic E-state index is 11.6. The van der Waals surface area contributed by atoms with Gasteiger partial charge in [-0.25, -0.2) is 9.97 Å². The monoisotopic (exact) mass is 274 g/mol. The fraction of sp³-hybridized carbons (Fsp3) is 0.462. The van der Waals surface area contributed by atoms with Gasteiger partial charge in [-0.2, -0.15) is 0 Å². The maximum absolute atomic E-state index is 11.6. The van der Waals surface area contributed by atoms with Gasteiger partial charge in [0.1, 0.15) is 5.52 Å². The number of hydrogen-bond donors (Lipinski definition) is 4. The molecule has 2 aromatic heterocycles. The molecule has 0 aromatic carbocycles. The molecule has 1 fully saturated rings. The minimum atomic E-state index is -0.483. The number of aromatic amines is 1. The molecule has 5 N–H and O–H groups in total. The van der Waals surface area contributed by atoms with Gasteiger partial charge < -0.3 is 21.4 Å². The molecule has 3 rings (SSSR count). The van der Waals surface area contributed by atoms with Crippen molar-refractivity contribution in [3.63, 3.8) is 0 Å². The van der Waals surface area contributed by atoms with Crippen LogP contribution in [0.15, 0.2) is 12.5 Å². The van der Waals surface area contributed by atoms with Gasteiger partial charge in [0, 0.05) is 12.2 Å². The average molecular weight is 274 g/mol. The lowest BCUT2D eigenvalue weighted by Crippen LogP contribution is -2.24. The van der Waals surface area contributed by atoms with Crippen molar-refractivity contribution >= 4 is 22.8 Å². The number of nitrogens with two attached hydrogens (primary N) is 1. The van der Waals surface area contributed by atoms with Crippen molar-refractivity contribution in [3.8, 4) is 0 Å². The number of carbonyl (C=O) groups excluding carboxylic acids is 1. The van der Waals surface area contributed by atoms with E-state index in [1.54, 1.807) is 6.33 Å². The van der Waals surface area contributed by atoms with E-state index in [0.717, 1.165) is 37.9 Å². The molecule has 1 aliphatic heterocycles. The zero-order chi connectivity index (χ0) is 13.9. The van der Waals surface area contributed by atoms with Gasteiger partial charge >= 0.3 is 0 Å². The molecule has 20 heavy (non-hydrogen) atoms. The van der Waals surface area contributed by atoms with Crippen LogP contribution in [0.1, 0.15) is 29.6 Å².